The maximum Gasteiger partial charge on any atom is 0.416 e. The number of benzene rings is 1. The van der Waals surface area contributed by atoms with Crippen molar-refractivity contribution >= 4 is 0 Å². The van der Waals surface area contributed by atoms with E-state index in [2.05, 4.69) is 0 Å². The molecule has 0 unspecified atom stereocenters. The molecule has 112 valence electrons. The Morgan fingerprint density at radius 3 is 1.40 bits per heavy atom. The third-order valence-electron chi connectivity index (χ3n) is 2.75. The first-order chi connectivity index (χ1) is 8.76. The van der Waals surface area contributed by atoms with E-state index in [1.165, 1.54) is 0 Å². The number of hydrogen-bond acceptors (Lipinski definition) is 2. The van der Waals surface area contributed by atoms with Crippen molar-refractivity contribution in [1.82, 2.24) is 0 Å². The molecule has 0 atom stereocenters. The molecule has 0 bridgehead atoms. The Bertz CT molecular complexity index is 500. The lowest BCUT2D eigenvalue weighted by Gasteiger charge is -2.20. The highest BCUT2D eigenvalue weighted by atomic mass is 19.4. The van der Waals surface area contributed by atoms with E-state index in [0.717, 1.165) is 13.8 Å². The van der Waals surface area contributed by atoms with Gasteiger partial charge in [0.25, 0.3) is 0 Å². The third kappa shape index (κ3) is 3.20. The highest BCUT2D eigenvalue weighted by Gasteiger charge is 2.41. The fourth-order valence-electron chi connectivity index (χ4n) is 1.41. The van der Waals surface area contributed by atoms with Crippen molar-refractivity contribution in [2.45, 2.75) is 31.7 Å². The summed E-state index contributed by atoms with van der Waals surface area (Å²) in [5.41, 5.74) is -5.87. The van der Waals surface area contributed by atoms with Gasteiger partial charge in [0.2, 0.25) is 5.54 Å². The van der Waals surface area contributed by atoms with Gasteiger partial charge in [-0.25, -0.2) is 0 Å². The molecule has 0 N–H and O–H groups in total. The van der Waals surface area contributed by atoms with Crippen LogP contribution < -0.4 is 0 Å². The number of nitro groups is 1. The predicted molar refractivity (Wildman–Crippen MR) is 56.5 cm³/mol. The molecular formula is C11H9F6NO2. The van der Waals surface area contributed by atoms with Crippen LogP contribution in [0.3, 0.4) is 0 Å². The number of nitrogens with zero attached hydrogens (tertiary/aromatic N) is 1. The summed E-state index contributed by atoms with van der Waals surface area (Å²) in [7, 11) is 0. The second kappa shape index (κ2) is 4.64. The van der Waals surface area contributed by atoms with Gasteiger partial charge in [0.05, 0.1) is 11.1 Å². The SMILES string of the molecule is CC(C)(c1cc(C(F)(F)F)cc(C(F)(F)F)c1)[N+](=O)[O-]. The molecule has 0 fully saturated rings. The molecule has 0 saturated heterocycles. The van der Waals surface area contributed by atoms with E-state index in [1.54, 1.807) is 0 Å². The molecule has 1 rings (SSSR count). The molecule has 0 saturated carbocycles. The van der Waals surface area contributed by atoms with Gasteiger partial charge in [0.15, 0.2) is 0 Å². The Hall–Kier alpha value is -1.80. The Kier molecular flexibility index (Phi) is 3.77. The number of rotatable bonds is 2. The smallest absolute Gasteiger partial charge is 0.264 e. The Balaban J connectivity index is 3.59. The van der Waals surface area contributed by atoms with E-state index in [0.29, 0.717) is 12.1 Å². The van der Waals surface area contributed by atoms with Gasteiger partial charge in [-0.05, 0) is 18.2 Å². The van der Waals surface area contributed by atoms with Crippen molar-refractivity contribution in [3.8, 4) is 0 Å². The van der Waals surface area contributed by atoms with Gasteiger partial charge in [0.1, 0.15) is 0 Å². The quantitative estimate of drug-likeness (QED) is 0.466. The minimum absolute atomic E-state index is 0.0699. The molecule has 0 aliphatic heterocycles. The molecule has 1 aromatic carbocycles. The van der Waals surface area contributed by atoms with Crippen LogP contribution in [-0.2, 0) is 17.9 Å². The van der Waals surface area contributed by atoms with Crippen LogP contribution in [0, 0.1) is 10.1 Å². The first-order valence-electron chi connectivity index (χ1n) is 5.20. The summed E-state index contributed by atoms with van der Waals surface area (Å²) in [5.74, 6) is 0. The van der Waals surface area contributed by atoms with Crippen molar-refractivity contribution in [2.24, 2.45) is 0 Å². The van der Waals surface area contributed by atoms with Crippen molar-refractivity contribution in [3.05, 3.63) is 45.0 Å². The summed E-state index contributed by atoms with van der Waals surface area (Å²) in [6.07, 6.45) is -10.1. The standard InChI is InChI=1S/C11H9F6NO2/c1-9(2,18(19)20)6-3-7(10(12,13)14)5-8(4-6)11(15,16)17/h3-5H,1-2H3. The molecule has 9 heteroatoms. The number of hydrogen-bond donors (Lipinski definition) is 0. The molecule has 0 spiro atoms. The van der Waals surface area contributed by atoms with Gasteiger partial charge in [-0.2, -0.15) is 26.3 Å². The Morgan fingerprint density at radius 2 is 1.15 bits per heavy atom. The predicted octanol–water partition coefficient (Wildman–Crippen LogP) is 4.24. The monoisotopic (exact) mass is 301 g/mol. The second-order valence-electron chi connectivity index (χ2n) is 4.61. The summed E-state index contributed by atoms with van der Waals surface area (Å²) in [5, 5.41) is 10.8. The zero-order valence-electron chi connectivity index (χ0n) is 10.3. The molecule has 0 radical (unpaired) electrons. The normalized spacial score (nSPS) is 13.4. The van der Waals surface area contributed by atoms with Gasteiger partial charge >= 0.3 is 12.4 Å². The lowest BCUT2D eigenvalue weighted by atomic mass is 9.91. The van der Waals surface area contributed by atoms with Gasteiger partial charge < -0.3 is 0 Å². The largest absolute Gasteiger partial charge is 0.416 e. The molecule has 1 aromatic rings. The van der Waals surface area contributed by atoms with Crippen LogP contribution in [0.15, 0.2) is 18.2 Å². The lowest BCUT2D eigenvalue weighted by Crippen LogP contribution is -2.29. The third-order valence-corrected chi connectivity index (χ3v) is 2.75. The fourth-order valence-corrected chi connectivity index (χ4v) is 1.41. The van der Waals surface area contributed by atoms with Crippen molar-refractivity contribution in [3.63, 3.8) is 0 Å². The number of alkyl halides is 6. The zero-order chi connectivity index (χ0) is 15.9. The summed E-state index contributed by atoms with van der Waals surface area (Å²) < 4.78 is 75.5. The molecule has 0 aliphatic rings. The van der Waals surface area contributed by atoms with E-state index in [1.807, 2.05) is 0 Å². The lowest BCUT2D eigenvalue weighted by molar-refractivity contribution is -0.569. The van der Waals surface area contributed by atoms with E-state index in [4.69, 9.17) is 0 Å². The topological polar surface area (TPSA) is 43.1 Å². The average molecular weight is 301 g/mol. The maximum absolute atomic E-state index is 12.6. The number of halogens is 6. The molecule has 3 nitrogen and oxygen atoms in total. The van der Waals surface area contributed by atoms with Crippen LogP contribution in [0.2, 0.25) is 0 Å². The van der Waals surface area contributed by atoms with E-state index < -0.39 is 39.5 Å². The summed E-state index contributed by atoms with van der Waals surface area (Å²) in [4.78, 5) is 9.84. The van der Waals surface area contributed by atoms with Gasteiger partial charge in [0, 0.05) is 24.3 Å². The highest BCUT2D eigenvalue weighted by Crippen LogP contribution is 2.38. The van der Waals surface area contributed by atoms with Crippen molar-refractivity contribution in [1.29, 1.82) is 0 Å². The molecule has 0 aromatic heterocycles. The first-order valence-corrected chi connectivity index (χ1v) is 5.20. The molecule has 20 heavy (non-hydrogen) atoms. The minimum atomic E-state index is -5.03. The molecule has 0 heterocycles. The highest BCUT2D eigenvalue weighted by molar-refractivity contribution is 5.36. The van der Waals surface area contributed by atoms with E-state index in [-0.39, 0.29) is 6.07 Å². The first kappa shape index (κ1) is 16.3. The minimum Gasteiger partial charge on any atom is -0.264 e. The Morgan fingerprint density at radius 1 is 0.850 bits per heavy atom. The van der Waals surface area contributed by atoms with Crippen molar-refractivity contribution in [2.75, 3.05) is 0 Å². The van der Waals surface area contributed by atoms with Crippen LogP contribution in [0.4, 0.5) is 26.3 Å². The summed E-state index contributed by atoms with van der Waals surface area (Å²) >= 11 is 0. The maximum atomic E-state index is 12.6. The van der Waals surface area contributed by atoms with Gasteiger partial charge in [-0.1, -0.05) is 0 Å². The van der Waals surface area contributed by atoms with Crippen LogP contribution >= 0.6 is 0 Å². The van der Waals surface area contributed by atoms with Crippen molar-refractivity contribution < 1.29 is 31.3 Å². The second-order valence-corrected chi connectivity index (χ2v) is 4.61. The van der Waals surface area contributed by atoms with Crippen LogP contribution in [-0.4, -0.2) is 4.92 Å². The molecular weight excluding hydrogens is 292 g/mol. The summed E-state index contributed by atoms with van der Waals surface area (Å²) in [6.45, 7) is 1.87. The van der Waals surface area contributed by atoms with E-state index >= 15 is 0 Å². The summed E-state index contributed by atoms with van der Waals surface area (Å²) in [6, 6.07) is 0.648. The zero-order valence-corrected chi connectivity index (χ0v) is 10.3. The van der Waals surface area contributed by atoms with E-state index in [9.17, 15) is 36.5 Å². The fraction of sp³-hybridized carbons (Fsp3) is 0.455. The average Bonchev–Trinajstić information content (AvgIpc) is 2.25. The van der Waals surface area contributed by atoms with Crippen LogP contribution in [0.25, 0.3) is 0 Å². The Labute approximate surface area is 109 Å². The van der Waals surface area contributed by atoms with Crippen LogP contribution in [0.5, 0.6) is 0 Å². The molecule has 0 amide bonds. The van der Waals surface area contributed by atoms with Gasteiger partial charge in [-0.3, -0.25) is 10.1 Å². The molecule has 0 aliphatic carbocycles. The van der Waals surface area contributed by atoms with Gasteiger partial charge in [-0.15, -0.1) is 0 Å². The van der Waals surface area contributed by atoms with Crippen LogP contribution in [0.1, 0.15) is 30.5 Å².